The summed E-state index contributed by atoms with van der Waals surface area (Å²) >= 11 is 7.90. The molecule has 0 unspecified atom stereocenters. The van der Waals surface area contributed by atoms with Gasteiger partial charge >= 0.3 is 0 Å². The van der Waals surface area contributed by atoms with Gasteiger partial charge in [0, 0.05) is 54.9 Å². The molecule has 2 heterocycles. The fourth-order valence-electron chi connectivity index (χ4n) is 4.39. The van der Waals surface area contributed by atoms with Crippen LogP contribution in [0.25, 0.3) is 0 Å². The van der Waals surface area contributed by atoms with Gasteiger partial charge in [-0.2, -0.15) is 0 Å². The summed E-state index contributed by atoms with van der Waals surface area (Å²) in [5.74, 6) is 2.17. The van der Waals surface area contributed by atoms with Crippen LogP contribution in [0.2, 0.25) is 5.15 Å². The van der Waals surface area contributed by atoms with Crippen molar-refractivity contribution >= 4 is 46.5 Å². The highest BCUT2D eigenvalue weighted by Gasteiger charge is 2.20. The Hall–Kier alpha value is -3.75. The monoisotopic (exact) mass is 559 g/mol. The number of carbonyl (C=O) groups excluding carboxylic acids is 1. The molecule has 0 saturated carbocycles. The summed E-state index contributed by atoms with van der Waals surface area (Å²) < 4.78 is 5.27. The summed E-state index contributed by atoms with van der Waals surface area (Å²) in [5, 5.41) is 3.99. The summed E-state index contributed by atoms with van der Waals surface area (Å²) in [6.45, 7) is 5.45. The highest BCUT2D eigenvalue weighted by Crippen LogP contribution is 2.27. The number of anilines is 3. The maximum atomic E-state index is 12.8. The molecule has 1 saturated heterocycles. The lowest BCUT2D eigenvalue weighted by atomic mass is 10.1. The van der Waals surface area contributed by atoms with Gasteiger partial charge in [0.1, 0.15) is 16.7 Å². The van der Waals surface area contributed by atoms with Gasteiger partial charge in [0.05, 0.1) is 7.11 Å². The minimum absolute atomic E-state index is 0.138. The zero-order chi connectivity index (χ0) is 27.2. The molecule has 9 heteroatoms. The number of carbonyl (C=O) groups is 1. The topological polar surface area (TPSA) is 70.6 Å². The number of rotatable bonds is 8. The van der Waals surface area contributed by atoms with Crippen molar-refractivity contribution in [3.63, 3.8) is 0 Å². The molecule has 0 spiro atoms. The normalized spacial score (nSPS) is 13.3. The van der Waals surface area contributed by atoms with Crippen LogP contribution in [-0.2, 0) is 5.75 Å². The molecule has 0 atom stereocenters. The van der Waals surface area contributed by atoms with Crippen LogP contribution in [0.4, 0.5) is 17.2 Å². The Morgan fingerprint density at radius 3 is 2.38 bits per heavy atom. The molecule has 1 aliphatic rings. The number of aryl methyl sites for hydroxylation is 1. The lowest BCUT2D eigenvalue weighted by molar-refractivity contribution is 0.102. The molecule has 200 valence electrons. The standard InChI is InChI=1S/C30H30ClN5O2S/c1-21-6-8-24(9-7-21)32-29(37)23-5-3-4-22(18-23)20-39-30-33-27(31)19-28(34-30)36-16-14-35(15-17-36)25-10-12-26(38-2)13-11-25/h3-13,18-19H,14-17,20H2,1-2H3,(H,32,37). The molecule has 0 radical (unpaired) electrons. The Bertz CT molecular complexity index is 1420. The number of amides is 1. The summed E-state index contributed by atoms with van der Waals surface area (Å²) in [6.07, 6.45) is 0. The summed E-state index contributed by atoms with van der Waals surface area (Å²) in [4.78, 5) is 26.6. The van der Waals surface area contributed by atoms with E-state index >= 15 is 0 Å². The first kappa shape index (κ1) is 26.8. The van der Waals surface area contributed by atoms with E-state index in [1.54, 1.807) is 7.11 Å². The summed E-state index contributed by atoms with van der Waals surface area (Å²) in [7, 11) is 1.68. The van der Waals surface area contributed by atoms with Gasteiger partial charge in [0.15, 0.2) is 5.16 Å². The Morgan fingerprint density at radius 1 is 0.949 bits per heavy atom. The Kier molecular flexibility index (Phi) is 8.54. The van der Waals surface area contributed by atoms with E-state index in [9.17, 15) is 4.79 Å². The fourth-order valence-corrected chi connectivity index (χ4v) is 5.41. The fraction of sp³-hybridized carbons (Fsp3) is 0.233. The molecular formula is C30H30ClN5O2S. The van der Waals surface area contributed by atoms with E-state index < -0.39 is 0 Å². The van der Waals surface area contributed by atoms with Gasteiger partial charge in [0.25, 0.3) is 5.91 Å². The van der Waals surface area contributed by atoms with Crippen molar-refractivity contribution in [2.24, 2.45) is 0 Å². The van der Waals surface area contributed by atoms with Gasteiger partial charge in [-0.15, -0.1) is 0 Å². The van der Waals surface area contributed by atoms with E-state index in [-0.39, 0.29) is 5.91 Å². The van der Waals surface area contributed by atoms with Gasteiger partial charge < -0.3 is 19.9 Å². The smallest absolute Gasteiger partial charge is 0.255 e. The second kappa shape index (κ2) is 12.4. The third kappa shape index (κ3) is 7.02. The number of piperazine rings is 1. The van der Waals surface area contributed by atoms with E-state index in [2.05, 4.69) is 32.2 Å². The molecule has 1 fully saturated rings. The molecule has 1 amide bonds. The molecular weight excluding hydrogens is 530 g/mol. The predicted octanol–water partition coefficient (Wildman–Crippen LogP) is 6.32. The Labute approximate surface area is 238 Å². The lowest BCUT2D eigenvalue weighted by Crippen LogP contribution is -2.46. The quantitative estimate of drug-likeness (QED) is 0.154. The third-order valence-electron chi connectivity index (χ3n) is 6.57. The third-order valence-corrected chi connectivity index (χ3v) is 7.68. The number of halogens is 1. The number of nitrogens with one attached hydrogen (secondary N) is 1. The van der Waals surface area contributed by atoms with Gasteiger partial charge in [-0.1, -0.05) is 53.2 Å². The van der Waals surface area contributed by atoms with Gasteiger partial charge in [-0.05, 0) is 61.0 Å². The van der Waals surface area contributed by atoms with Crippen LogP contribution in [0, 0.1) is 6.92 Å². The number of hydrogen-bond acceptors (Lipinski definition) is 7. The molecule has 5 rings (SSSR count). The highest BCUT2D eigenvalue weighted by atomic mass is 35.5. The maximum Gasteiger partial charge on any atom is 0.255 e. The average Bonchev–Trinajstić information content (AvgIpc) is 2.97. The van der Waals surface area contributed by atoms with Crippen LogP contribution in [0.1, 0.15) is 21.5 Å². The van der Waals surface area contributed by atoms with Crippen LogP contribution in [0.15, 0.2) is 84.0 Å². The van der Waals surface area contributed by atoms with E-state index in [1.165, 1.54) is 17.4 Å². The first-order valence-electron chi connectivity index (χ1n) is 12.7. The second-order valence-corrected chi connectivity index (χ2v) is 10.6. The molecule has 4 aromatic rings. The van der Waals surface area contributed by atoms with Crippen molar-refractivity contribution in [1.29, 1.82) is 0 Å². The van der Waals surface area contributed by atoms with Crippen LogP contribution < -0.4 is 19.9 Å². The predicted molar refractivity (Wildman–Crippen MR) is 160 cm³/mol. The molecule has 7 nitrogen and oxygen atoms in total. The average molecular weight is 560 g/mol. The molecule has 39 heavy (non-hydrogen) atoms. The van der Waals surface area contributed by atoms with Crippen LogP contribution in [-0.4, -0.2) is 49.2 Å². The van der Waals surface area contributed by atoms with Crippen LogP contribution >= 0.6 is 23.4 Å². The second-order valence-electron chi connectivity index (χ2n) is 9.31. The number of ether oxygens (including phenoxy) is 1. The number of hydrogen-bond donors (Lipinski definition) is 1. The number of aromatic nitrogens is 2. The molecule has 1 aromatic heterocycles. The SMILES string of the molecule is COc1ccc(N2CCN(c3cc(Cl)nc(SCc4cccc(C(=O)Nc5ccc(C)cc5)c4)n3)CC2)cc1. The van der Waals surface area contributed by atoms with Gasteiger partial charge in [-0.25, -0.2) is 9.97 Å². The molecule has 0 aliphatic carbocycles. The van der Waals surface area contributed by atoms with Crippen molar-refractivity contribution in [3.8, 4) is 5.75 Å². The minimum Gasteiger partial charge on any atom is -0.497 e. The zero-order valence-corrected chi connectivity index (χ0v) is 23.5. The van der Waals surface area contributed by atoms with Crippen molar-refractivity contribution in [2.45, 2.75) is 17.8 Å². The minimum atomic E-state index is -0.138. The van der Waals surface area contributed by atoms with E-state index in [1.807, 2.05) is 73.7 Å². The molecule has 0 bridgehead atoms. The van der Waals surface area contributed by atoms with Crippen molar-refractivity contribution in [3.05, 3.63) is 101 Å². The number of benzene rings is 3. The maximum absolute atomic E-state index is 12.8. The zero-order valence-electron chi connectivity index (χ0n) is 21.9. The summed E-state index contributed by atoms with van der Waals surface area (Å²) in [6, 6.07) is 25.3. The Morgan fingerprint density at radius 2 is 1.67 bits per heavy atom. The molecule has 1 N–H and O–H groups in total. The lowest BCUT2D eigenvalue weighted by Gasteiger charge is -2.36. The van der Waals surface area contributed by atoms with Crippen molar-refractivity contribution in [2.75, 3.05) is 48.4 Å². The molecule has 1 aliphatic heterocycles. The Balaban J connectivity index is 1.19. The number of nitrogens with zero attached hydrogens (tertiary/aromatic N) is 4. The highest BCUT2D eigenvalue weighted by molar-refractivity contribution is 7.98. The first-order valence-corrected chi connectivity index (χ1v) is 14.1. The van der Waals surface area contributed by atoms with Crippen molar-refractivity contribution in [1.82, 2.24) is 9.97 Å². The first-order chi connectivity index (χ1) is 19.0. The molecule has 3 aromatic carbocycles. The van der Waals surface area contributed by atoms with Crippen LogP contribution in [0.5, 0.6) is 5.75 Å². The van der Waals surface area contributed by atoms with Crippen LogP contribution in [0.3, 0.4) is 0 Å². The van der Waals surface area contributed by atoms with E-state index in [0.717, 1.165) is 54.6 Å². The van der Waals surface area contributed by atoms with Gasteiger partial charge in [-0.3, -0.25) is 4.79 Å². The van der Waals surface area contributed by atoms with E-state index in [0.29, 0.717) is 21.6 Å². The van der Waals surface area contributed by atoms with Gasteiger partial charge in [0.2, 0.25) is 0 Å². The number of thioether (sulfide) groups is 1. The summed E-state index contributed by atoms with van der Waals surface area (Å²) in [5.41, 5.74) is 4.72. The van der Waals surface area contributed by atoms with Crippen molar-refractivity contribution < 1.29 is 9.53 Å². The largest absolute Gasteiger partial charge is 0.497 e. The van der Waals surface area contributed by atoms with E-state index in [4.69, 9.17) is 21.3 Å². The number of methoxy groups -OCH3 is 1.